The molecule has 3 heterocycles. The second-order valence-corrected chi connectivity index (χ2v) is 8.48. The van der Waals surface area contributed by atoms with Crippen molar-refractivity contribution in [1.82, 2.24) is 9.88 Å². The van der Waals surface area contributed by atoms with Gasteiger partial charge in [-0.15, -0.1) is 11.8 Å². The molecule has 2 aliphatic rings. The zero-order valence-electron chi connectivity index (χ0n) is 14.6. The van der Waals surface area contributed by atoms with Crippen molar-refractivity contribution < 1.29 is 9.47 Å². The molecule has 1 aromatic heterocycles. The van der Waals surface area contributed by atoms with E-state index in [1.54, 1.807) is 13.3 Å². The molecule has 0 bridgehead atoms. The zero-order valence-corrected chi connectivity index (χ0v) is 15.4. The summed E-state index contributed by atoms with van der Waals surface area (Å²) in [5, 5.41) is 0. The van der Waals surface area contributed by atoms with Gasteiger partial charge in [-0.3, -0.25) is 9.88 Å². The van der Waals surface area contributed by atoms with Crippen LogP contribution in [0.15, 0.2) is 48.8 Å². The molecule has 0 aliphatic carbocycles. The Balaban J connectivity index is 1.24. The van der Waals surface area contributed by atoms with Gasteiger partial charge in [-0.25, -0.2) is 0 Å². The van der Waals surface area contributed by atoms with Crippen LogP contribution in [0.4, 0.5) is 0 Å². The number of rotatable bonds is 6. The third-order valence-corrected chi connectivity index (χ3v) is 6.52. The van der Waals surface area contributed by atoms with Crippen molar-refractivity contribution in [3.8, 4) is 5.75 Å². The number of benzene rings is 1. The quantitative estimate of drug-likeness (QED) is 0.793. The van der Waals surface area contributed by atoms with Crippen molar-refractivity contribution >= 4 is 11.8 Å². The number of pyridine rings is 1. The molecule has 0 amide bonds. The van der Waals surface area contributed by atoms with Crippen molar-refractivity contribution in [2.75, 3.05) is 26.0 Å². The molecule has 1 spiro atoms. The van der Waals surface area contributed by atoms with Crippen molar-refractivity contribution in [2.24, 2.45) is 0 Å². The van der Waals surface area contributed by atoms with Gasteiger partial charge < -0.3 is 9.47 Å². The Labute approximate surface area is 153 Å². The molecular weight excluding hydrogens is 332 g/mol. The second kappa shape index (κ2) is 7.36. The summed E-state index contributed by atoms with van der Waals surface area (Å²) in [4.78, 5) is 6.67. The normalized spacial score (nSPS) is 22.0. The van der Waals surface area contributed by atoms with Crippen LogP contribution in [0, 0.1) is 0 Å². The Hall–Kier alpha value is -1.56. The molecule has 0 saturated carbocycles. The lowest BCUT2D eigenvalue weighted by molar-refractivity contribution is 0.0263. The van der Waals surface area contributed by atoms with Gasteiger partial charge in [0.05, 0.1) is 19.8 Å². The maximum atomic E-state index is 6.11. The van der Waals surface area contributed by atoms with Crippen molar-refractivity contribution in [3.05, 3.63) is 59.9 Å². The van der Waals surface area contributed by atoms with Gasteiger partial charge in [-0.05, 0) is 35.7 Å². The molecule has 1 unspecified atom stereocenters. The number of aromatic nitrogens is 1. The van der Waals surface area contributed by atoms with Crippen molar-refractivity contribution in [2.45, 2.75) is 30.4 Å². The van der Waals surface area contributed by atoms with E-state index >= 15 is 0 Å². The van der Waals surface area contributed by atoms with Gasteiger partial charge in [0.15, 0.2) is 0 Å². The molecule has 0 radical (unpaired) electrons. The predicted octanol–water partition coefficient (Wildman–Crippen LogP) is 3.37. The van der Waals surface area contributed by atoms with Gasteiger partial charge in [0.1, 0.15) is 5.75 Å². The van der Waals surface area contributed by atoms with Gasteiger partial charge >= 0.3 is 0 Å². The first-order chi connectivity index (χ1) is 12.2. The Morgan fingerprint density at radius 1 is 1.24 bits per heavy atom. The standard InChI is InChI=1S/C20H24N2O2S/c1-23-18-6-2-4-16(8-18)11-22-14-20(15-22)9-19(13-25-20)24-12-17-5-3-7-21-10-17/h2-8,10,19H,9,11-15H2,1H3. The molecule has 2 aromatic rings. The third kappa shape index (κ3) is 4.00. The van der Waals surface area contributed by atoms with Crippen molar-refractivity contribution in [1.29, 1.82) is 0 Å². The largest absolute Gasteiger partial charge is 0.497 e. The number of hydrogen-bond donors (Lipinski definition) is 0. The highest BCUT2D eigenvalue weighted by atomic mass is 32.2. The van der Waals surface area contributed by atoms with Crippen LogP contribution in [0.2, 0.25) is 0 Å². The van der Waals surface area contributed by atoms with Gasteiger partial charge in [-0.2, -0.15) is 0 Å². The molecule has 0 N–H and O–H groups in total. The van der Waals surface area contributed by atoms with Crippen LogP contribution in [0.1, 0.15) is 17.5 Å². The van der Waals surface area contributed by atoms with Gasteiger partial charge in [-0.1, -0.05) is 18.2 Å². The summed E-state index contributed by atoms with van der Waals surface area (Å²) >= 11 is 2.09. The fourth-order valence-electron chi connectivity index (χ4n) is 3.74. The van der Waals surface area contributed by atoms with E-state index in [0.29, 0.717) is 17.5 Å². The summed E-state index contributed by atoms with van der Waals surface area (Å²) in [5.74, 6) is 2.04. The zero-order chi connectivity index (χ0) is 17.1. The average Bonchev–Trinajstić information content (AvgIpc) is 3.05. The maximum Gasteiger partial charge on any atom is 0.119 e. The fraction of sp³-hybridized carbons (Fsp3) is 0.450. The lowest BCUT2D eigenvalue weighted by Gasteiger charge is -2.47. The molecule has 2 fully saturated rings. The predicted molar refractivity (Wildman–Crippen MR) is 101 cm³/mol. The minimum Gasteiger partial charge on any atom is -0.497 e. The van der Waals surface area contributed by atoms with E-state index < -0.39 is 0 Å². The smallest absolute Gasteiger partial charge is 0.119 e. The topological polar surface area (TPSA) is 34.6 Å². The summed E-state index contributed by atoms with van der Waals surface area (Å²) in [6.07, 6.45) is 5.21. The van der Waals surface area contributed by atoms with Crippen LogP contribution in [-0.4, -0.2) is 46.7 Å². The molecule has 4 nitrogen and oxygen atoms in total. The van der Waals surface area contributed by atoms with Gasteiger partial charge in [0.2, 0.25) is 0 Å². The minimum absolute atomic E-state index is 0.365. The molecular formula is C20H24N2O2S. The van der Waals surface area contributed by atoms with Crippen LogP contribution >= 0.6 is 11.8 Å². The molecule has 25 heavy (non-hydrogen) atoms. The molecule has 2 aliphatic heterocycles. The first-order valence-corrected chi connectivity index (χ1v) is 9.73. The van der Waals surface area contributed by atoms with E-state index in [4.69, 9.17) is 9.47 Å². The molecule has 4 rings (SSSR count). The lowest BCUT2D eigenvalue weighted by atomic mass is 9.92. The van der Waals surface area contributed by atoms with E-state index in [0.717, 1.165) is 43.1 Å². The Morgan fingerprint density at radius 3 is 2.92 bits per heavy atom. The summed E-state index contributed by atoms with van der Waals surface area (Å²) in [5.41, 5.74) is 2.48. The SMILES string of the molecule is COc1cccc(CN2CC3(CC(OCc4cccnc4)CS3)C2)c1. The van der Waals surface area contributed by atoms with Crippen LogP contribution in [0.25, 0.3) is 0 Å². The number of likely N-dealkylation sites (tertiary alicyclic amines) is 1. The number of nitrogens with zero attached hydrogens (tertiary/aromatic N) is 2. The van der Waals surface area contributed by atoms with E-state index in [2.05, 4.69) is 45.9 Å². The highest BCUT2D eigenvalue weighted by Crippen LogP contribution is 2.46. The first kappa shape index (κ1) is 16.9. The highest BCUT2D eigenvalue weighted by Gasteiger charge is 2.49. The molecule has 1 atom stereocenters. The van der Waals surface area contributed by atoms with Crippen LogP contribution < -0.4 is 4.74 Å². The molecule has 132 valence electrons. The van der Waals surface area contributed by atoms with E-state index in [-0.39, 0.29) is 0 Å². The molecule has 5 heteroatoms. The summed E-state index contributed by atoms with van der Waals surface area (Å²) in [6, 6.07) is 12.4. The average molecular weight is 356 g/mol. The van der Waals surface area contributed by atoms with E-state index in [1.165, 1.54) is 5.56 Å². The number of hydrogen-bond acceptors (Lipinski definition) is 5. The van der Waals surface area contributed by atoms with Crippen LogP contribution in [0.5, 0.6) is 5.75 Å². The molecule has 1 aromatic carbocycles. The Morgan fingerprint density at radius 2 is 2.12 bits per heavy atom. The third-order valence-electron chi connectivity index (χ3n) is 4.95. The number of thioether (sulfide) groups is 1. The molecule has 2 saturated heterocycles. The van der Waals surface area contributed by atoms with E-state index in [9.17, 15) is 0 Å². The highest BCUT2D eigenvalue weighted by molar-refractivity contribution is 8.01. The Kier molecular flexibility index (Phi) is 4.97. The summed E-state index contributed by atoms with van der Waals surface area (Å²) in [6.45, 7) is 3.98. The maximum absolute atomic E-state index is 6.11. The van der Waals surface area contributed by atoms with E-state index in [1.807, 2.05) is 18.3 Å². The summed E-state index contributed by atoms with van der Waals surface area (Å²) in [7, 11) is 1.72. The van der Waals surface area contributed by atoms with Crippen molar-refractivity contribution in [3.63, 3.8) is 0 Å². The van der Waals surface area contributed by atoms with Crippen LogP contribution in [0.3, 0.4) is 0 Å². The van der Waals surface area contributed by atoms with Gasteiger partial charge in [0, 0.05) is 42.5 Å². The first-order valence-electron chi connectivity index (χ1n) is 8.74. The summed E-state index contributed by atoms with van der Waals surface area (Å²) < 4.78 is 11.8. The number of ether oxygens (including phenoxy) is 2. The van der Waals surface area contributed by atoms with Crippen LogP contribution in [-0.2, 0) is 17.9 Å². The lowest BCUT2D eigenvalue weighted by Crippen LogP contribution is -2.58. The minimum atomic E-state index is 0.365. The monoisotopic (exact) mass is 356 g/mol. The van der Waals surface area contributed by atoms with Gasteiger partial charge in [0.25, 0.3) is 0 Å². The second-order valence-electron chi connectivity index (χ2n) is 6.99. The Bertz CT molecular complexity index is 704. The number of methoxy groups -OCH3 is 1. The fourth-order valence-corrected chi connectivity index (χ4v) is 5.34.